The Labute approximate surface area is 159 Å². The molecule has 4 heteroatoms. The van der Waals surface area contributed by atoms with Crippen molar-refractivity contribution in [2.24, 2.45) is 0 Å². The molecule has 0 spiro atoms. The topological polar surface area (TPSA) is 15.7 Å². The molecule has 0 aliphatic carbocycles. The van der Waals surface area contributed by atoms with Crippen LogP contribution < -0.4 is 4.74 Å². The minimum atomic E-state index is 0.959. The van der Waals surface area contributed by atoms with Crippen LogP contribution in [-0.4, -0.2) is 49.6 Å². The highest BCUT2D eigenvalue weighted by atomic mass is 79.9. The normalized spacial score (nSPS) is 16.1. The lowest BCUT2D eigenvalue weighted by Crippen LogP contribution is -2.46. The van der Waals surface area contributed by atoms with Gasteiger partial charge in [-0.25, -0.2) is 0 Å². The van der Waals surface area contributed by atoms with Crippen LogP contribution in [0.5, 0.6) is 5.75 Å². The zero-order chi connectivity index (χ0) is 17.5. The van der Waals surface area contributed by atoms with Gasteiger partial charge in [-0.05, 0) is 43.1 Å². The quantitative estimate of drug-likeness (QED) is 0.689. The van der Waals surface area contributed by atoms with Gasteiger partial charge < -0.3 is 9.64 Å². The summed E-state index contributed by atoms with van der Waals surface area (Å²) in [6, 6.07) is 17.0. The van der Waals surface area contributed by atoms with Crippen LogP contribution in [0.2, 0.25) is 0 Å². The van der Waals surface area contributed by atoms with E-state index in [1.54, 1.807) is 7.11 Å². The molecule has 134 valence electrons. The zero-order valence-corrected chi connectivity index (χ0v) is 16.5. The van der Waals surface area contributed by atoms with E-state index in [0.29, 0.717) is 0 Å². The fourth-order valence-corrected chi connectivity index (χ4v) is 3.84. The van der Waals surface area contributed by atoms with E-state index < -0.39 is 0 Å². The first-order valence-corrected chi connectivity index (χ1v) is 9.85. The van der Waals surface area contributed by atoms with Crippen molar-refractivity contribution in [3.8, 4) is 5.75 Å². The molecule has 1 saturated heterocycles. The van der Waals surface area contributed by atoms with E-state index in [1.807, 2.05) is 12.1 Å². The second kappa shape index (κ2) is 9.37. The van der Waals surface area contributed by atoms with Gasteiger partial charge in [0, 0.05) is 42.8 Å². The molecule has 0 atom stereocenters. The summed E-state index contributed by atoms with van der Waals surface area (Å²) in [5.74, 6) is 0.980. The third-order valence-corrected chi connectivity index (χ3v) is 5.38. The molecular weight excluding hydrogens is 376 g/mol. The molecule has 0 unspecified atom stereocenters. The third-order valence-electron chi connectivity index (χ3n) is 4.88. The summed E-state index contributed by atoms with van der Waals surface area (Å²) in [5.41, 5.74) is 2.71. The predicted molar refractivity (Wildman–Crippen MR) is 107 cm³/mol. The standard InChI is InChI=1S/C21H27BrN2O/c1-25-21-10-9-20(22)16-19(21)17-24-14-12-23(13-15-24)11-5-8-18-6-3-2-4-7-18/h2-4,6-7,9-10,16H,5,8,11-15,17H2,1H3. The Balaban J connectivity index is 1.42. The molecule has 3 rings (SSSR count). The van der Waals surface area contributed by atoms with Crippen LogP contribution in [0.3, 0.4) is 0 Å². The van der Waals surface area contributed by atoms with Crippen LogP contribution in [0.1, 0.15) is 17.5 Å². The van der Waals surface area contributed by atoms with Crippen LogP contribution in [0, 0.1) is 0 Å². The van der Waals surface area contributed by atoms with E-state index in [9.17, 15) is 0 Å². The van der Waals surface area contributed by atoms with E-state index in [4.69, 9.17) is 4.74 Å². The summed E-state index contributed by atoms with van der Waals surface area (Å²) in [6.07, 6.45) is 2.42. The summed E-state index contributed by atoms with van der Waals surface area (Å²) in [5, 5.41) is 0. The summed E-state index contributed by atoms with van der Waals surface area (Å²) in [6.45, 7) is 6.72. The van der Waals surface area contributed by atoms with Gasteiger partial charge >= 0.3 is 0 Å². The summed E-state index contributed by atoms with van der Waals surface area (Å²) in [7, 11) is 1.75. The number of ether oxygens (including phenoxy) is 1. The van der Waals surface area contributed by atoms with Crippen molar-refractivity contribution < 1.29 is 4.74 Å². The Morgan fingerprint density at radius 3 is 2.40 bits per heavy atom. The van der Waals surface area contributed by atoms with Gasteiger partial charge in [0.1, 0.15) is 5.75 Å². The molecule has 0 amide bonds. The van der Waals surface area contributed by atoms with Gasteiger partial charge in [0.2, 0.25) is 0 Å². The van der Waals surface area contributed by atoms with Crippen LogP contribution in [0.15, 0.2) is 53.0 Å². The maximum absolute atomic E-state index is 5.50. The van der Waals surface area contributed by atoms with Crippen molar-refractivity contribution in [3.63, 3.8) is 0 Å². The lowest BCUT2D eigenvalue weighted by atomic mass is 10.1. The molecule has 2 aromatic carbocycles. The first kappa shape index (κ1) is 18.4. The maximum atomic E-state index is 5.50. The Morgan fingerprint density at radius 1 is 0.960 bits per heavy atom. The lowest BCUT2D eigenvalue weighted by molar-refractivity contribution is 0.125. The number of nitrogens with zero attached hydrogens (tertiary/aromatic N) is 2. The Morgan fingerprint density at radius 2 is 1.68 bits per heavy atom. The van der Waals surface area contributed by atoms with Gasteiger partial charge in [0.05, 0.1) is 7.11 Å². The van der Waals surface area contributed by atoms with Gasteiger partial charge in [-0.3, -0.25) is 4.90 Å². The number of hydrogen-bond acceptors (Lipinski definition) is 3. The average Bonchev–Trinajstić information content (AvgIpc) is 2.64. The highest BCUT2D eigenvalue weighted by Crippen LogP contribution is 2.24. The van der Waals surface area contributed by atoms with Gasteiger partial charge in [-0.1, -0.05) is 46.3 Å². The monoisotopic (exact) mass is 402 g/mol. The smallest absolute Gasteiger partial charge is 0.123 e. The highest BCUT2D eigenvalue weighted by molar-refractivity contribution is 9.10. The zero-order valence-electron chi connectivity index (χ0n) is 15.0. The largest absolute Gasteiger partial charge is 0.496 e. The predicted octanol–water partition coefficient (Wildman–Crippen LogP) is 4.21. The number of aryl methyl sites for hydroxylation is 1. The summed E-state index contributed by atoms with van der Waals surface area (Å²) < 4.78 is 6.61. The molecule has 25 heavy (non-hydrogen) atoms. The molecule has 0 saturated carbocycles. The lowest BCUT2D eigenvalue weighted by Gasteiger charge is -2.35. The maximum Gasteiger partial charge on any atom is 0.123 e. The fraction of sp³-hybridized carbons (Fsp3) is 0.429. The molecular formula is C21H27BrN2O. The molecule has 3 nitrogen and oxygen atoms in total. The molecule has 1 aliphatic heterocycles. The molecule has 2 aromatic rings. The van der Waals surface area contributed by atoms with Gasteiger partial charge in [-0.15, -0.1) is 0 Å². The second-order valence-corrected chi connectivity index (χ2v) is 7.58. The SMILES string of the molecule is COc1ccc(Br)cc1CN1CCN(CCCc2ccccc2)CC1. The molecule has 1 fully saturated rings. The number of halogens is 1. The Kier molecular flexibility index (Phi) is 6.91. The number of piperazine rings is 1. The van der Waals surface area contributed by atoms with Crippen LogP contribution in [-0.2, 0) is 13.0 Å². The Bertz CT molecular complexity index is 654. The van der Waals surface area contributed by atoms with E-state index in [1.165, 1.54) is 30.5 Å². The van der Waals surface area contributed by atoms with Crippen LogP contribution >= 0.6 is 15.9 Å². The molecule has 0 aromatic heterocycles. The van der Waals surface area contributed by atoms with Crippen molar-refractivity contribution in [2.75, 3.05) is 39.8 Å². The van der Waals surface area contributed by atoms with Gasteiger partial charge in [-0.2, -0.15) is 0 Å². The Hall–Kier alpha value is -1.36. The fourth-order valence-electron chi connectivity index (χ4n) is 3.43. The molecule has 0 N–H and O–H groups in total. The van der Waals surface area contributed by atoms with Gasteiger partial charge in [0.15, 0.2) is 0 Å². The van der Waals surface area contributed by atoms with Crippen molar-refractivity contribution in [1.82, 2.24) is 9.80 Å². The summed E-state index contributed by atoms with van der Waals surface area (Å²) >= 11 is 3.57. The summed E-state index contributed by atoms with van der Waals surface area (Å²) in [4.78, 5) is 5.12. The van der Waals surface area contributed by atoms with Crippen LogP contribution in [0.25, 0.3) is 0 Å². The van der Waals surface area contributed by atoms with E-state index >= 15 is 0 Å². The van der Waals surface area contributed by atoms with E-state index in [0.717, 1.165) is 42.9 Å². The first-order chi connectivity index (χ1) is 12.2. The minimum absolute atomic E-state index is 0.959. The number of rotatable bonds is 7. The second-order valence-electron chi connectivity index (χ2n) is 6.66. The van der Waals surface area contributed by atoms with Crippen molar-refractivity contribution in [2.45, 2.75) is 19.4 Å². The number of hydrogen-bond donors (Lipinski definition) is 0. The third kappa shape index (κ3) is 5.56. The van der Waals surface area contributed by atoms with E-state index in [2.05, 4.69) is 62.1 Å². The highest BCUT2D eigenvalue weighted by Gasteiger charge is 2.18. The van der Waals surface area contributed by atoms with Crippen molar-refractivity contribution in [1.29, 1.82) is 0 Å². The number of benzene rings is 2. The van der Waals surface area contributed by atoms with Crippen molar-refractivity contribution >= 4 is 15.9 Å². The van der Waals surface area contributed by atoms with Crippen LogP contribution in [0.4, 0.5) is 0 Å². The molecule has 0 radical (unpaired) electrons. The average molecular weight is 403 g/mol. The molecule has 0 bridgehead atoms. The first-order valence-electron chi connectivity index (χ1n) is 9.05. The number of methoxy groups -OCH3 is 1. The van der Waals surface area contributed by atoms with Crippen molar-refractivity contribution in [3.05, 3.63) is 64.1 Å². The van der Waals surface area contributed by atoms with E-state index in [-0.39, 0.29) is 0 Å². The van der Waals surface area contributed by atoms with Gasteiger partial charge in [0.25, 0.3) is 0 Å². The molecule has 1 heterocycles. The molecule has 1 aliphatic rings. The minimum Gasteiger partial charge on any atom is -0.496 e.